The monoisotopic (exact) mass is 527 g/mol. The van der Waals surface area contributed by atoms with Crippen molar-refractivity contribution in [2.75, 3.05) is 39.5 Å². The molecule has 1 saturated heterocycles. The molecule has 1 atom stereocenters. The van der Waals surface area contributed by atoms with Gasteiger partial charge < -0.3 is 24.8 Å². The Morgan fingerprint density at radius 3 is 2.93 bits per heavy atom. The lowest BCUT2D eigenvalue weighted by molar-refractivity contribution is 0.0168. The van der Waals surface area contributed by atoms with Gasteiger partial charge in [-0.15, -0.1) is 24.0 Å². The molecule has 166 valence electrons. The van der Waals surface area contributed by atoms with Gasteiger partial charge in [-0.05, 0) is 43.9 Å². The predicted molar refractivity (Wildman–Crippen MR) is 121 cm³/mol. The smallest absolute Gasteiger partial charge is 0.272 e. The number of nitrogens with one attached hydrogen (secondary N) is 2. The maximum atomic E-state index is 12.3. The Bertz CT molecular complexity index is 588. The Hall–Kier alpha value is -1.20. The fraction of sp³-hybridized carbons (Fsp3) is 0.650. The van der Waals surface area contributed by atoms with Crippen molar-refractivity contribution in [2.45, 2.75) is 45.3 Å². The first-order chi connectivity index (χ1) is 13.7. The van der Waals surface area contributed by atoms with Gasteiger partial charge in [0, 0.05) is 26.3 Å². The van der Waals surface area contributed by atoms with Gasteiger partial charge in [0.2, 0.25) is 0 Å². The van der Waals surface area contributed by atoms with Crippen molar-refractivity contribution < 1.29 is 23.0 Å². The number of hydrogen-bond acceptors (Lipinski definition) is 4. The van der Waals surface area contributed by atoms with Crippen molar-refractivity contribution in [1.29, 1.82) is 0 Å². The fourth-order valence-electron chi connectivity index (χ4n) is 2.78. The quantitative estimate of drug-likeness (QED) is 0.188. The molecule has 1 aromatic carbocycles. The zero-order chi connectivity index (χ0) is 20.0. The summed E-state index contributed by atoms with van der Waals surface area (Å²) < 4.78 is 40.7. The number of rotatable bonds is 12. The molecule has 0 bridgehead atoms. The zero-order valence-electron chi connectivity index (χ0n) is 16.9. The first kappa shape index (κ1) is 25.8. The third kappa shape index (κ3) is 11.5. The van der Waals surface area contributed by atoms with Gasteiger partial charge in [0.1, 0.15) is 12.4 Å². The normalized spacial score (nSPS) is 16.6. The van der Waals surface area contributed by atoms with Gasteiger partial charge in [0.25, 0.3) is 6.43 Å². The molecule has 2 rings (SSSR count). The third-order valence-corrected chi connectivity index (χ3v) is 4.12. The second-order valence-corrected chi connectivity index (χ2v) is 6.53. The van der Waals surface area contributed by atoms with E-state index in [0.29, 0.717) is 31.5 Å². The first-order valence-corrected chi connectivity index (χ1v) is 9.88. The first-order valence-electron chi connectivity index (χ1n) is 9.88. The molecule has 1 heterocycles. The predicted octanol–water partition coefficient (Wildman–Crippen LogP) is 3.59. The minimum Gasteiger partial charge on any atom is -0.488 e. The van der Waals surface area contributed by atoms with Gasteiger partial charge in [-0.3, -0.25) is 0 Å². The van der Waals surface area contributed by atoms with E-state index in [1.807, 2.05) is 13.0 Å². The second-order valence-electron chi connectivity index (χ2n) is 6.53. The number of alkyl halides is 2. The third-order valence-electron chi connectivity index (χ3n) is 4.12. The second kappa shape index (κ2) is 15.6. The Morgan fingerprint density at radius 2 is 2.21 bits per heavy atom. The lowest BCUT2D eigenvalue weighted by Crippen LogP contribution is -2.38. The highest BCUT2D eigenvalue weighted by atomic mass is 127. The van der Waals surface area contributed by atoms with Crippen LogP contribution in [0.2, 0.25) is 0 Å². The van der Waals surface area contributed by atoms with E-state index in [0.717, 1.165) is 44.5 Å². The SMILES string of the molecule is CCNC(=NCc1cccc(OCC(F)F)c1)NCCCOCC1CCCO1.I. The van der Waals surface area contributed by atoms with Crippen molar-refractivity contribution in [2.24, 2.45) is 4.99 Å². The van der Waals surface area contributed by atoms with Crippen molar-refractivity contribution in [3.63, 3.8) is 0 Å². The van der Waals surface area contributed by atoms with Gasteiger partial charge in [0.05, 0.1) is 19.3 Å². The van der Waals surface area contributed by atoms with Gasteiger partial charge >= 0.3 is 0 Å². The van der Waals surface area contributed by atoms with E-state index in [1.165, 1.54) is 0 Å². The molecule has 1 aliphatic rings. The Balaban J connectivity index is 0.00000420. The molecule has 1 aliphatic heterocycles. The van der Waals surface area contributed by atoms with Crippen LogP contribution in [-0.4, -0.2) is 58.0 Å². The van der Waals surface area contributed by atoms with Crippen LogP contribution >= 0.6 is 24.0 Å². The molecule has 0 amide bonds. The molecule has 0 saturated carbocycles. The van der Waals surface area contributed by atoms with Crippen LogP contribution in [0.15, 0.2) is 29.3 Å². The summed E-state index contributed by atoms with van der Waals surface area (Å²) in [5.74, 6) is 1.13. The molecule has 0 radical (unpaired) electrons. The van der Waals surface area contributed by atoms with Gasteiger partial charge in [-0.1, -0.05) is 12.1 Å². The molecular formula is C20H32F2IN3O3. The molecule has 6 nitrogen and oxygen atoms in total. The van der Waals surface area contributed by atoms with Crippen molar-refractivity contribution in [1.82, 2.24) is 10.6 Å². The highest BCUT2D eigenvalue weighted by Crippen LogP contribution is 2.15. The summed E-state index contributed by atoms with van der Waals surface area (Å²) in [4.78, 5) is 4.53. The summed E-state index contributed by atoms with van der Waals surface area (Å²) in [6.45, 7) is 5.50. The number of ether oxygens (including phenoxy) is 3. The number of halogens is 3. The molecule has 1 fully saturated rings. The lowest BCUT2D eigenvalue weighted by Gasteiger charge is -2.13. The van der Waals surface area contributed by atoms with Gasteiger partial charge in [-0.25, -0.2) is 13.8 Å². The highest BCUT2D eigenvalue weighted by molar-refractivity contribution is 14.0. The van der Waals surface area contributed by atoms with E-state index in [9.17, 15) is 8.78 Å². The average Bonchev–Trinajstić information content (AvgIpc) is 3.21. The van der Waals surface area contributed by atoms with Crippen LogP contribution in [0.5, 0.6) is 5.75 Å². The fourth-order valence-corrected chi connectivity index (χ4v) is 2.78. The number of hydrogen-bond donors (Lipinski definition) is 2. The Morgan fingerprint density at radius 1 is 1.34 bits per heavy atom. The summed E-state index contributed by atoms with van der Waals surface area (Å²) in [6, 6.07) is 7.06. The van der Waals surface area contributed by atoms with Crippen LogP contribution < -0.4 is 15.4 Å². The van der Waals surface area contributed by atoms with Crippen LogP contribution in [0.25, 0.3) is 0 Å². The average molecular weight is 527 g/mol. The largest absolute Gasteiger partial charge is 0.488 e. The molecule has 0 spiro atoms. The van der Waals surface area contributed by atoms with E-state index in [2.05, 4.69) is 15.6 Å². The maximum absolute atomic E-state index is 12.3. The molecule has 29 heavy (non-hydrogen) atoms. The van der Waals surface area contributed by atoms with Crippen molar-refractivity contribution in [3.05, 3.63) is 29.8 Å². The van der Waals surface area contributed by atoms with Crippen molar-refractivity contribution in [3.8, 4) is 5.75 Å². The summed E-state index contributed by atoms with van der Waals surface area (Å²) in [7, 11) is 0. The van der Waals surface area contributed by atoms with Crippen LogP contribution in [0.1, 0.15) is 31.7 Å². The van der Waals surface area contributed by atoms with Crippen molar-refractivity contribution >= 4 is 29.9 Å². The summed E-state index contributed by atoms with van der Waals surface area (Å²) in [5, 5.41) is 6.46. The van der Waals surface area contributed by atoms with Gasteiger partial charge in [0.15, 0.2) is 5.96 Å². The highest BCUT2D eigenvalue weighted by Gasteiger charge is 2.14. The lowest BCUT2D eigenvalue weighted by atomic mass is 10.2. The summed E-state index contributed by atoms with van der Waals surface area (Å²) in [5.41, 5.74) is 0.892. The number of nitrogens with zero attached hydrogens (tertiary/aromatic N) is 1. The Labute approximate surface area is 188 Å². The Kier molecular flexibility index (Phi) is 13.9. The molecule has 1 aromatic rings. The van der Waals surface area contributed by atoms with E-state index in [4.69, 9.17) is 14.2 Å². The van der Waals surface area contributed by atoms with E-state index >= 15 is 0 Å². The minimum atomic E-state index is -2.49. The van der Waals surface area contributed by atoms with Gasteiger partial charge in [-0.2, -0.15) is 0 Å². The summed E-state index contributed by atoms with van der Waals surface area (Å²) in [6.07, 6.45) is 0.852. The number of aliphatic imine (C=N–C) groups is 1. The van der Waals surface area contributed by atoms with E-state index < -0.39 is 13.0 Å². The molecular weight excluding hydrogens is 495 g/mol. The molecule has 2 N–H and O–H groups in total. The van der Waals surface area contributed by atoms with Crippen LogP contribution in [-0.2, 0) is 16.0 Å². The standard InChI is InChI=1S/C20H31F2N3O3.HI/c1-2-23-20(24-9-5-10-26-14-18-8-4-11-27-18)25-13-16-6-3-7-17(12-16)28-15-19(21)22;/h3,6-7,12,18-19H,2,4-5,8-11,13-15H2,1H3,(H2,23,24,25);1H. The topological polar surface area (TPSA) is 64.1 Å². The maximum Gasteiger partial charge on any atom is 0.272 e. The molecule has 1 unspecified atom stereocenters. The molecule has 0 aliphatic carbocycles. The molecule has 0 aromatic heterocycles. The van der Waals surface area contributed by atoms with Crippen LogP contribution in [0.3, 0.4) is 0 Å². The molecule has 9 heteroatoms. The number of benzene rings is 1. The zero-order valence-corrected chi connectivity index (χ0v) is 19.2. The van der Waals surface area contributed by atoms with E-state index in [1.54, 1.807) is 18.2 Å². The number of guanidine groups is 1. The summed E-state index contributed by atoms with van der Waals surface area (Å²) >= 11 is 0. The van der Waals surface area contributed by atoms with Crippen LogP contribution in [0.4, 0.5) is 8.78 Å². The van der Waals surface area contributed by atoms with Crippen LogP contribution in [0, 0.1) is 0 Å². The van der Waals surface area contributed by atoms with E-state index in [-0.39, 0.29) is 30.1 Å². The minimum absolute atomic E-state index is 0.